The number of hydrogen-bond donors (Lipinski definition) is 2. The summed E-state index contributed by atoms with van der Waals surface area (Å²) in [6.07, 6.45) is 2.35. The number of piperazine rings is 1. The van der Waals surface area contributed by atoms with Crippen molar-refractivity contribution < 1.29 is 23.5 Å². The standard InChI is InChI=1S/C22H21F2N7O3/c23-16-12-15(13-17(24)14-16)19-4-7-27-31(19)22(34)30-10-8-29(9-11-30)20-25-6-3-18(28-20)2-1-5-26-21(32)33/h3,6-7,12-14,19,26H,4-5,8-11H2,(H,32,33). The Balaban J connectivity index is 1.37. The van der Waals surface area contributed by atoms with Gasteiger partial charge >= 0.3 is 12.1 Å². The molecule has 1 saturated heterocycles. The van der Waals surface area contributed by atoms with Gasteiger partial charge in [-0.2, -0.15) is 5.10 Å². The quantitative estimate of drug-likeness (QED) is 0.665. The molecule has 2 aliphatic heterocycles. The number of carbonyl (C=O) groups is 2. The monoisotopic (exact) mass is 469 g/mol. The average molecular weight is 469 g/mol. The molecule has 2 aliphatic rings. The lowest BCUT2D eigenvalue weighted by atomic mass is 10.0. The van der Waals surface area contributed by atoms with E-state index in [2.05, 4.69) is 32.2 Å². The molecule has 0 radical (unpaired) electrons. The number of halogens is 2. The zero-order chi connectivity index (χ0) is 24.1. The lowest BCUT2D eigenvalue weighted by Gasteiger charge is -2.37. The molecule has 3 amide bonds. The number of hydrogen-bond acceptors (Lipinski definition) is 6. The predicted octanol–water partition coefficient (Wildman–Crippen LogP) is 2.05. The summed E-state index contributed by atoms with van der Waals surface area (Å²) in [4.78, 5) is 35.7. The first kappa shape index (κ1) is 22.9. The maximum Gasteiger partial charge on any atom is 0.405 e. The summed E-state index contributed by atoms with van der Waals surface area (Å²) < 4.78 is 27.3. The van der Waals surface area contributed by atoms with E-state index in [0.29, 0.717) is 49.8 Å². The van der Waals surface area contributed by atoms with E-state index < -0.39 is 23.8 Å². The van der Waals surface area contributed by atoms with Crippen molar-refractivity contribution in [2.24, 2.45) is 5.10 Å². The van der Waals surface area contributed by atoms with Crippen molar-refractivity contribution in [2.75, 3.05) is 37.6 Å². The van der Waals surface area contributed by atoms with E-state index in [1.165, 1.54) is 17.1 Å². The van der Waals surface area contributed by atoms with Gasteiger partial charge in [-0.05, 0) is 29.7 Å². The molecule has 0 bridgehead atoms. The topological polar surface area (TPSA) is 114 Å². The zero-order valence-corrected chi connectivity index (χ0v) is 18.0. The van der Waals surface area contributed by atoms with Gasteiger partial charge in [-0.3, -0.25) is 0 Å². The van der Waals surface area contributed by atoms with Gasteiger partial charge in [-0.1, -0.05) is 5.92 Å². The highest BCUT2D eigenvalue weighted by Gasteiger charge is 2.33. The number of amides is 3. The molecule has 0 saturated carbocycles. The van der Waals surface area contributed by atoms with Crippen LogP contribution in [0.2, 0.25) is 0 Å². The molecule has 12 heteroatoms. The first-order chi connectivity index (χ1) is 16.4. The Bertz CT molecular complexity index is 1150. The third kappa shape index (κ3) is 5.37. The van der Waals surface area contributed by atoms with Crippen molar-refractivity contribution >= 4 is 24.3 Å². The molecule has 0 aliphatic carbocycles. The van der Waals surface area contributed by atoms with Gasteiger partial charge in [0.2, 0.25) is 5.95 Å². The molecule has 34 heavy (non-hydrogen) atoms. The minimum Gasteiger partial charge on any atom is -0.465 e. The zero-order valence-electron chi connectivity index (χ0n) is 18.0. The van der Waals surface area contributed by atoms with Gasteiger partial charge in [0.25, 0.3) is 0 Å². The number of urea groups is 1. The van der Waals surface area contributed by atoms with Gasteiger partial charge in [0.05, 0.1) is 12.6 Å². The van der Waals surface area contributed by atoms with E-state index in [1.54, 1.807) is 23.4 Å². The minimum absolute atomic E-state index is 0.0162. The number of carbonyl (C=O) groups excluding carboxylic acids is 1. The summed E-state index contributed by atoms with van der Waals surface area (Å²) in [7, 11) is 0. The van der Waals surface area contributed by atoms with Crippen molar-refractivity contribution in [2.45, 2.75) is 12.5 Å². The van der Waals surface area contributed by atoms with Crippen LogP contribution in [0.25, 0.3) is 0 Å². The number of anilines is 1. The van der Waals surface area contributed by atoms with Crippen molar-refractivity contribution in [1.82, 2.24) is 25.2 Å². The number of carboxylic acid groups (broad SMARTS) is 1. The van der Waals surface area contributed by atoms with E-state index in [-0.39, 0.29) is 12.6 Å². The van der Waals surface area contributed by atoms with Gasteiger partial charge < -0.3 is 20.2 Å². The number of benzene rings is 1. The van der Waals surface area contributed by atoms with Crippen LogP contribution in [0.3, 0.4) is 0 Å². The molecule has 2 aromatic rings. The summed E-state index contributed by atoms with van der Waals surface area (Å²) >= 11 is 0. The molecular formula is C22H21F2N7O3. The number of nitrogens with zero attached hydrogens (tertiary/aromatic N) is 6. The number of aromatic nitrogens is 2. The van der Waals surface area contributed by atoms with E-state index in [0.717, 1.165) is 6.07 Å². The SMILES string of the molecule is O=C(O)NCC#Cc1ccnc(N2CCN(C(=O)N3N=CCC3c3cc(F)cc(F)c3)CC2)n1. The lowest BCUT2D eigenvalue weighted by Crippen LogP contribution is -2.52. The van der Waals surface area contributed by atoms with Crippen LogP contribution in [0, 0.1) is 23.5 Å². The summed E-state index contributed by atoms with van der Waals surface area (Å²) in [5, 5.41) is 16.1. The second-order valence-corrected chi connectivity index (χ2v) is 7.56. The number of hydrazone groups is 1. The fourth-order valence-electron chi connectivity index (χ4n) is 3.71. The van der Waals surface area contributed by atoms with Crippen molar-refractivity contribution in [3.63, 3.8) is 0 Å². The Kier molecular flexibility index (Phi) is 6.82. The smallest absolute Gasteiger partial charge is 0.405 e. The van der Waals surface area contributed by atoms with Crippen LogP contribution in [0.4, 0.5) is 24.3 Å². The van der Waals surface area contributed by atoms with Crippen LogP contribution in [0.1, 0.15) is 23.7 Å². The highest BCUT2D eigenvalue weighted by atomic mass is 19.1. The van der Waals surface area contributed by atoms with Crippen LogP contribution in [0.5, 0.6) is 0 Å². The van der Waals surface area contributed by atoms with Gasteiger partial charge in [-0.15, -0.1) is 0 Å². The molecule has 4 rings (SSSR count). The fourth-order valence-corrected chi connectivity index (χ4v) is 3.71. The average Bonchev–Trinajstić information content (AvgIpc) is 3.31. The molecule has 1 fully saturated rings. The summed E-state index contributed by atoms with van der Waals surface area (Å²) in [6, 6.07) is 3.94. The molecule has 1 aromatic carbocycles. The van der Waals surface area contributed by atoms with Crippen LogP contribution >= 0.6 is 0 Å². The summed E-state index contributed by atoms with van der Waals surface area (Å²) in [6.45, 7) is 1.70. The predicted molar refractivity (Wildman–Crippen MR) is 118 cm³/mol. The molecule has 176 valence electrons. The highest BCUT2D eigenvalue weighted by molar-refractivity contribution is 5.78. The van der Waals surface area contributed by atoms with Crippen LogP contribution in [-0.2, 0) is 0 Å². The molecule has 1 unspecified atom stereocenters. The Morgan fingerprint density at radius 3 is 2.59 bits per heavy atom. The normalized spacial score (nSPS) is 17.4. The minimum atomic E-state index is -1.15. The molecule has 3 heterocycles. The van der Waals surface area contributed by atoms with Crippen molar-refractivity contribution in [3.05, 3.63) is 53.4 Å². The second kappa shape index (κ2) is 10.1. The van der Waals surface area contributed by atoms with Crippen LogP contribution in [0.15, 0.2) is 35.6 Å². The Morgan fingerprint density at radius 1 is 1.15 bits per heavy atom. The molecular weight excluding hydrogens is 448 g/mol. The molecule has 2 N–H and O–H groups in total. The number of nitrogens with one attached hydrogen (secondary N) is 1. The Hall–Kier alpha value is -4.27. The van der Waals surface area contributed by atoms with Gasteiger partial charge in [0.1, 0.15) is 17.3 Å². The van der Waals surface area contributed by atoms with Crippen LogP contribution in [-0.4, -0.2) is 76.0 Å². The van der Waals surface area contributed by atoms with Crippen molar-refractivity contribution in [3.8, 4) is 11.8 Å². The molecule has 10 nitrogen and oxygen atoms in total. The first-order valence-electron chi connectivity index (χ1n) is 10.5. The Morgan fingerprint density at radius 2 is 1.88 bits per heavy atom. The van der Waals surface area contributed by atoms with E-state index in [1.807, 2.05) is 4.90 Å². The second-order valence-electron chi connectivity index (χ2n) is 7.56. The molecule has 0 spiro atoms. The number of rotatable bonds is 3. The van der Waals surface area contributed by atoms with Crippen LogP contribution < -0.4 is 10.2 Å². The third-order valence-electron chi connectivity index (χ3n) is 5.32. The Labute approximate surface area is 193 Å². The van der Waals surface area contributed by atoms with Gasteiger partial charge in [0, 0.05) is 51.1 Å². The lowest BCUT2D eigenvalue weighted by molar-refractivity contribution is 0.139. The summed E-state index contributed by atoms with van der Waals surface area (Å²) in [5.74, 6) is 4.50. The maximum atomic E-state index is 13.7. The molecule has 1 aromatic heterocycles. The van der Waals surface area contributed by atoms with Crippen molar-refractivity contribution in [1.29, 1.82) is 0 Å². The highest BCUT2D eigenvalue weighted by Crippen LogP contribution is 2.30. The first-order valence-corrected chi connectivity index (χ1v) is 10.5. The van der Waals surface area contributed by atoms with Gasteiger partial charge in [0.15, 0.2) is 0 Å². The van der Waals surface area contributed by atoms with E-state index in [9.17, 15) is 18.4 Å². The van der Waals surface area contributed by atoms with E-state index >= 15 is 0 Å². The summed E-state index contributed by atoms with van der Waals surface area (Å²) in [5.41, 5.74) is 0.805. The maximum absolute atomic E-state index is 13.7. The third-order valence-corrected chi connectivity index (χ3v) is 5.32. The largest absolute Gasteiger partial charge is 0.465 e. The molecule has 1 atom stereocenters. The van der Waals surface area contributed by atoms with Gasteiger partial charge in [-0.25, -0.2) is 33.3 Å². The van der Waals surface area contributed by atoms with E-state index in [4.69, 9.17) is 5.11 Å². The fraction of sp³-hybridized carbons (Fsp3) is 0.318.